The van der Waals surface area contributed by atoms with Crippen molar-refractivity contribution in [2.24, 2.45) is 11.3 Å². The van der Waals surface area contributed by atoms with Crippen LogP contribution in [0, 0.1) is 11.3 Å². The Balaban J connectivity index is 1.26. The van der Waals surface area contributed by atoms with Crippen LogP contribution in [0.2, 0.25) is 0 Å². The zero-order chi connectivity index (χ0) is 35.8. The van der Waals surface area contributed by atoms with Crippen LogP contribution in [0.5, 0.6) is 5.88 Å². The highest BCUT2D eigenvalue weighted by Crippen LogP contribution is 2.45. The van der Waals surface area contributed by atoms with E-state index in [2.05, 4.69) is 26.9 Å². The van der Waals surface area contributed by atoms with Crippen LogP contribution in [0.25, 0.3) is 10.8 Å². The Labute approximate surface area is 293 Å². The van der Waals surface area contributed by atoms with Crippen molar-refractivity contribution in [2.45, 2.75) is 114 Å². The molecule has 50 heavy (non-hydrogen) atoms. The van der Waals surface area contributed by atoms with Crippen molar-refractivity contribution < 1.29 is 37.1 Å². The summed E-state index contributed by atoms with van der Waals surface area (Å²) in [5.74, 6) is -2.24. The molecule has 6 rings (SSSR count). The maximum atomic E-state index is 14.4. The van der Waals surface area contributed by atoms with Crippen molar-refractivity contribution in [3.8, 4) is 5.88 Å². The van der Waals surface area contributed by atoms with Gasteiger partial charge in [0.1, 0.15) is 17.7 Å². The van der Waals surface area contributed by atoms with E-state index in [9.17, 15) is 27.6 Å². The molecule has 14 heteroatoms. The summed E-state index contributed by atoms with van der Waals surface area (Å²) in [6.45, 7) is 9.08. The average Bonchev–Trinajstić information content (AvgIpc) is 4.00. The van der Waals surface area contributed by atoms with E-state index in [1.165, 1.54) is 11.0 Å². The van der Waals surface area contributed by atoms with Gasteiger partial charge in [0.15, 0.2) is 6.10 Å². The number of hydrogen-bond donors (Lipinski definition) is 3. The number of carbonyl (C=O) groups excluding carboxylic acids is 4. The van der Waals surface area contributed by atoms with Crippen LogP contribution in [-0.2, 0) is 29.1 Å². The number of fused-ring (bicyclic) bond motifs is 1. The van der Waals surface area contributed by atoms with Crippen molar-refractivity contribution in [3.63, 3.8) is 0 Å². The first-order valence-corrected chi connectivity index (χ1v) is 19.0. The van der Waals surface area contributed by atoms with Gasteiger partial charge in [-0.25, -0.2) is 18.2 Å². The number of alkyl carbamates (subject to hydrolysis) is 1. The Morgan fingerprint density at radius 1 is 1.06 bits per heavy atom. The molecule has 1 saturated heterocycles. The molecule has 13 nitrogen and oxygen atoms in total. The van der Waals surface area contributed by atoms with Crippen LogP contribution >= 0.6 is 0 Å². The molecule has 4 aliphatic rings. The summed E-state index contributed by atoms with van der Waals surface area (Å²) in [6, 6.07) is 8.24. The number of benzene rings is 1. The van der Waals surface area contributed by atoms with Crippen LogP contribution in [0.1, 0.15) is 78.6 Å². The van der Waals surface area contributed by atoms with Crippen LogP contribution in [0.4, 0.5) is 4.79 Å². The molecule has 3 saturated carbocycles. The van der Waals surface area contributed by atoms with Gasteiger partial charge in [-0.05, 0) is 49.6 Å². The Hall–Kier alpha value is -4.20. The number of sulfonamides is 1. The molecule has 4 fully saturated rings. The first kappa shape index (κ1) is 35.6. The Morgan fingerprint density at radius 2 is 1.78 bits per heavy atom. The topological polar surface area (TPSA) is 173 Å². The highest BCUT2D eigenvalue weighted by molar-refractivity contribution is 7.91. The first-order valence-electron chi connectivity index (χ1n) is 17.5. The third-order valence-electron chi connectivity index (χ3n) is 10.2. The molecule has 2 aromatic rings. The normalized spacial score (nSPS) is 26.1. The summed E-state index contributed by atoms with van der Waals surface area (Å²) in [7, 11) is -3.88. The molecular formula is C36H47N5O8S. The van der Waals surface area contributed by atoms with Crippen LogP contribution < -0.4 is 20.1 Å². The monoisotopic (exact) mass is 709 g/mol. The lowest BCUT2D eigenvalue weighted by Crippen LogP contribution is -2.58. The number of amides is 4. The second-order valence-corrected chi connectivity index (χ2v) is 17.1. The maximum absolute atomic E-state index is 14.4. The van der Waals surface area contributed by atoms with E-state index < -0.39 is 74.2 Å². The highest BCUT2D eigenvalue weighted by Gasteiger charge is 2.62. The van der Waals surface area contributed by atoms with Gasteiger partial charge >= 0.3 is 6.09 Å². The molecule has 5 atom stereocenters. The zero-order valence-corrected chi connectivity index (χ0v) is 29.7. The Morgan fingerprint density at radius 3 is 2.44 bits per heavy atom. The molecule has 1 aromatic carbocycles. The molecule has 1 aromatic heterocycles. The number of ether oxygens (including phenoxy) is 2. The largest absolute Gasteiger partial charge is 0.472 e. The fourth-order valence-electron chi connectivity index (χ4n) is 7.04. The summed E-state index contributed by atoms with van der Waals surface area (Å²) in [5.41, 5.74) is -2.38. The predicted octanol–water partition coefficient (Wildman–Crippen LogP) is 3.73. The zero-order valence-electron chi connectivity index (χ0n) is 28.9. The summed E-state index contributed by atoms with van der Waals surface area (Å²) < 4.78 is 39.7. The number of likely N-dealkylation sites (tertiary alicyclic amines) is 1. The van der Waals surface area contributed by atoms with E-state index in [4.69, 9.17) is 9.47 Å². The molecule has 0 spiro atoms. The van der Waals surface area contributed by atoms with Crippen LogP contribution in [0.3, 0.4) is 0 Å². The minimum atomic E-state index is -3.88. The summed E-state index contributed by atoms with van der Waals surface area (Å²) in [4.78, 5) is 61.0. The number of hydrogen-bond acceptors (Lipinski definition) is 9. The summed E-state index contributed by atoms with van der Waals surface area (Å²) in [5, 5.41) is 6.73. The van der Waals surface area contributed by atoms with Crippen molar-refractivity contribution in [3.05, 3.63) is 49.2 Å². The van der Waals surface area contributed by atoms with Gasteiger partial charge in [-0.3, -0.25) is 19.1 Å². The van der Waals surface area contributed by atoms with Gasteiger partial charge in [-0.2, -0.15) is 0 Å². The molecule has 270 valence electrons. The second-order valence-electron chi connectivity index (χ2n) is 15.1. The highest BCUT2D eigenvalue weighted by atomic mass is 32.2. The van der Waals surface area contributed by atoms with E-state index in [1.54, 1.807) is 27.0 Å². The molecular weight excluding hydrogens is 662 g/mol. The minimum Gasteiger partial charge on any atom is -0.472 e. The van der Waals surface area contributed by atoms with Gasteiger partial charge in [-0.1, -0.05) is 64.3 Å². The van der Waals surface area contributed by atoms with E-state index >= 15 is 0 Å². The molecule has 3 N–H and O–H groups in total. The summed E-state index contributed by atoms with van der Waals surface area (Å²) >= 11 is 0. The first-order chi connectivity index (χ1) is 23.7. The van der Waals surface area contributed by atoms with Gasteiger partial charge in [0.05, 0.1) is 11.8 Å². The van der Waals surface area contributed by atoms with Gasteiger partial charge in [0.25, 0.3) is 11.8 Å². The third kappa shape index (κ3) is 7.59. The van der Waals surface area contributed by atoms with Crippen molar-refractivity contribution in [1.82, 2.24) is 25.2 Å². The van der Waals surface area contributed by atoms with Gasteiger partial charge in [-0.15, -0.1) is 6.58 Å². The van der Waals surface area contributed by atoms with Crippen molar-refractivity contribution >= 4 is 44.6 Å². The van der Waals surface area contributed by atoms with Gasteiger partial charge in [0, 0.05) is 35.4 Å². The van der Waals surface area contributed by atoms with Gasteiger partial charge in [0.2, 0.25) is 21.8 Å². The third-order valence-corrected chi connectivity index (χ3v) is 12.0. The average molecular weight is 710 g/mol. The number of pyridine rings is 1. The smallest absolute Gasteiger partial charge is 0.408 e. The lowest BCUT2D eigenvalue weighted by Gasteiger charge is -2.35. The molecule has 2 heterocycles. The molecule has 0 radical (unpaired) electrons. The minimum absolute atomic E-state index is 0.0256. The number of nitrogens with zero attached hydrogens (tertiary/aromatic N) is 2. The quantitative estimate of drug-likeness (QED) is 0.294. The van der Waals surface area contributed by atoms with Gasteiger partial charge < -0.3 is 25.0 Å². The Kier molecular flexibility index (Phi) is 9.86. The number of rotatable bonds is 11. The number of nitrogens with one attached hydrogen (secondary N) is 3. The van der Waals surface area contributed by atoms with E-state index in [0.29, 0.717) is 18.7 Å². The van der Waals surface area contributed by atoms with Crippen LogP contribution in [-0.4, -0.2) is 83.7 Å². The number of carbonyl (C=O) groups is 4. The maximum Gasteiger partial charge on any atom is 0.408 e. The SMILES string of the molecule is C=C[C@@H]1C[C@]1(NC(=O)[C@@H]1C[C@@H](Oc2nccc3ccccc23)CN1C(=O)[C@@H](OC(=O)NC1CCCCC1)C(C)(C)C)C(=O)NS(=O)(=O)C1CC1. The van der Waals surface area contributed by atoms with E-state index in [1.807, 2.05) is 30.3 Å². The molecule has 0 bridgehead atoms. The fourth-order valence-corrected chi connectivity index (χ4v) is 8.40. The fraction of sp³-hybridized carbons (Fsp3) is 0.583. The standard InChI is InChI=1S/C36H47N5O8S/c1-5-23-20-36(23,33(44)40-50(46,47)26-15-16-26)39-30(42)28-19-25(48-31-27-14-10-9-11-22(27)17-18-37-31)21-41(28)32(43)29(35(2,3)4)49-34(45)38-24-12-7-6-8-13-24/h5,9-11,14,17-18,23-26,28-29H,1,6-8,12-13,15-16,19-21H2,2-4H3,(H,38,45)(H,39,42)(H,40,44)/t23-,25-,28+,29-,36-/m1/s1. The molecule has 3 aliphatic carbocycles. The van der Waals surface area contributed by atoms with E-state index in [-0.39, 0.29) is 25.4 Å². The molecule has 0 unspecified atom stereocenters. The second kappa shape index (κ2) is 13.8. The Bertz CT molecular complexity index is 1760. The summed E-state index contributed by atoms with van der Waals surface area (Å²) in [6.07, 6.45) is 6.42. The lowest BCUT2D eigenvalue weighted by atomic mass is 9.88. The van der Waals surface area contributed by atoms with E-state index in [0.717, 1.165) is 42.9 Å². The molecule has 4 amide bonds. The van der Waals surface area contributed by atoms with Crippen molar-refractivity contribution in [2.75, 3.05) is 6.54 Å². The predicted molar refractivity (Wildman–Crippen MR) is 185 cm³/mol. The number of aromatic nitrogens is 1. The van der Waals surface area contributed by atoms with Crippen molar-refractivity contribution in [1.29, 1.82) is 0 Å². The molecule has 1 aliphatic heterocycles. The lowest BCUT2D eigenvalue weighted by molar-refractivity contribution is -0.150. The van der Waals surface area contributed by atoms with Crippen LogP contribution in [0.15, 0.2) is 49.2 Å².